The van der Waals surface area contributed by atoms with Gasteiger partial charge in [0.2, 0.25) is 0 Å². The van der Waals surface area contributed by atoms with Gasteiger partial charge < -0.3 is 9.47 Å². The van der Waals surface area contributed by atoms with Crippen molar-refractivity contribution in [3.8, 4) is 5.75 Å². The molecule has 0 spiro atoms. The summed E-state index contributed by atoms with van der Waals surface area (Å²) in [5, 5.41) is 0. The molecule has 4 heteroatoms. The monoisotopic (exact) mass is 370 g/mol. The predicted molar refractivity (Wildman–Crippen MR) is 106 cm³/mol. The normalized spacial score (nSPS) is 19.0. The first kappa shape index (κ1) is 18.8. The number of carbonyl (C=O) groups excluding carboxylic acids is 1. The molecule has 0 aliphatic carbocycles. The number of ether oxygens (including phenoxy) is 2. The fraction of sp³-hybridized carbons (Fsp3) is 0.409. The second kappa shape index (κ2) is 7.36. The van der Waals surface area contributed by atoms with Crippen LogP contribution in [-0.4, -0.2) is 17.8 Å². The minimum Gasteiger partial charge on any atom is -0.488 e. The van der Waals surface area contributed by atoms with Gasteiger partial charge in [-0.05, 0) is 68.4 Å². The Kier molecular flexibility index (Phi) is 5.33. The summed E-state index contributed by atoms with van der Waals surface area (Å²) in [5.74, 6) is 0.833. The molecule has 0 saturated carbocycles. The largest absolute Gasteiger partial charge is 0.488 e. The number of hydrogen-bond acceptors (Lipinski definition) is 4. The van der Waals surface area contributed by atoms with Crippen molar-refractivity contribution in [2.45, 2.75) is 56.8 Å². The van der Waals surface area contributed by atoms with Crippen LogP contribution in [0.1, 0.15) is 41.2 Å². The van der Waals surface area contributed by atoms with E-state index in [-0.39, 0.29) is 5.97 Å². The van der Waals surface area contributed by atoms with E-state index in [1.165, 1.54) is 28.7 Å². The van der Waals surface area contributed by atoms with Gasteiger partial charge in [0.15, 0.2) is 0 Å². The SMILES string of the molecule is COC(=O)C1(C)CCc2c(C)c(OCc3ccccc3)c(C)c(C)c2S1. The molecule has 1 aliphatic heterocycles. The molecule has 3 nitrogen and oxygen atoms in total. The quantitative estimate of drug-likeness (QED) is 0.696. The average Bonchev–Trinajstić information content (AvgIpc) is 2.66. The summed E-state index contributed by atoms with van der Waals surface area (Å²) >= 11 is 1.64. The van der Waals surface area contributed by atoms with Crippen LogP contribution in [0.3, 0.4) is 0 Å². The molecule has 0 bridgehead atoms. The van der Waals surface area contributed by atoms with Crippen molar-refractivity contribution in [1.29, 1.82) is 0 Å². The molecule has 0 amide bonds. The van der Waals surface area contributed by atoms with Gasteiger partial charge in [0.05, 0.1) is 7.11 Å². The molecule has 2 aromatic carbocycles. The lowest BCUT2D eigenvalue weighted by Crippen LogP contribution is -2.36. The lowest BCUT2D eigenvalue weighted by Gasteiger charge is -2.34. The minimum atomic E-state index is -0.516. The number of fused-ring (bicyclic) bond motifs is 1. The molecule has 0 fully saturated rings. The first-order valence-electron chi connectivity index (χ1n) is 8.94. The van der Waals surface area contributed by atoms with E-state index in [0.29, 0.717) is 6.61 Å². The summed E-state index contributed by atoms with van der Waals surface area (Å²) in [6.45, 7) is 8.91. The van der Waals surface area contributed by atoms with Crippen LogP contribution in [-0.2, 0) is 22.6 Å². The van der Waals surface area contributed by atoms with Gasteiger partial charge >= 0.3 is 5.97 Å². The van der Waals surface area contributed by atoms with E-state index in [9.17, 15) is 4.79 Å². The van der Waals surface area contributed by atoms with E-state index in [1.54, 1.807) is 11.8 Å². The molecule has 0 saturated heterocycles. The molecule has 2 aromatic rings. The van der Waals surface area contributed by atoms with E-state index < -0.39 is 4.75 Å². The topological polar surface area (TPSA) is 35.5 Å². The molecule has 1 aliphatic rings. The van der Waals surface area contributed by atoms with E-state index in [0.717, 1.165) is 29.7 Å². The molecule has 0 aromatic heterocycles. The molecule has 1 heterocycles. The summed E-state index contributed by atoms with van der Waals surface area (Å²) in [5.41, 5.74) is 6.02. The van der Waals surface area contributed by atoms with Gasteiger partial charge in [0, 0.05) is 4.90 Å². The first-order chi connectivity index (χ1) is 12.4. The Balaban J connectivity index is 1.94. The summed E-state index contributed by atoms with van der Waals surface area (Å²) in [7, 11) is 1.47. The van der Waals surface area contributed by atoms with E-state index in [2.05, 4.69) is 32.9 Å². The van der Waals surface area contributed by atoms with Crippen LogP contribution < -0.4 is 4.74 Å². The number of methoxy groups -OCH3 is 1. The van der Waals surface area contributed by atoms with Gasteiger partial charge in [-0.3, -0.25) is 4.79 Å². The summed E-state index contributed by atoms with van der Waals surface area (Å²) < 4.78 is 10.7. The van der Waals surface area contributed by atoms with Crippen molar-refractivity contribution < 1.29 is 14.3 Å². The van der Waals surface area contributed by atoms with Gasteiger partial charge in [-0.1, -0.05) is 30.3 Å². The summed E-state index contributed by atoms with van der Waals surface area (Å²) in [6.07, 6.45) is 1.64. The number of benzene rings is 2. The first-order valence-corrected chi connectivity index (χ1v) is 9.76. The Labute approximate surface area is 160 Å². The Morgan fingerprint density at radius 3 is 2.46 bits per heavy atom. The fourth-order valence-electron chi connectivity index (χ4n) is 3.54. The third kappa shape index (κ3) is 3.35. The molecule has 1 atom stereocenters. The van der Waals surface area contributed by atoms with Gasteiger partial charge in [-0.2, -0.15) is 0 Å². The maximum atomic E-state index is 12.2. The highest BCUT2D eigenvalue weighted by Crippen LogP contribution is 2.49. The summed E-state index contributed by atoms with van der Waals surface area (Å²) in [6, 6.07) is 10.2. The van der Waals surface area contributed by atoms with E-state index >= 15 is 0 Å². The highest BCUT2D eigenvalue weighted by Gasteiger charge is 2.40. The van der Waals surface area contributed by atoms with Gasteiger partial charge in [-0.25, -0.2) is 0 Å². The van der Waals surface area contributed by atoms with E-state index in [4.69, 9.17) is 9.47 Å². The molecule has 0 N–H and O–H groups in total. The van der Waals surface area contributed by atoms with Crippen molar-refractivity contribution >= 4 is 17.7 Å². The van der Waals surface area contributed by atoms with Crippen LogP contribution in [0.5, 0.6) is 5.75 Å². The van der Waals surface area contributed by atoms with Gasteiger partial charge in [0.1, 0.15) is 17.1 Å². The van der Waals surface area contributed by atoms with Crippen molar-refractivity contribution in [3.63, 3.8) is 0 Å². The fourth-order valence-corrected chi connectivity index (χ4v) is 5.05. The standard InChI is InChI=1S/C22H26O3S/c1-14-15(2)20-18(11-12-22(4,26-20)21(23)24-5)16(3)19(14)25-13-17-9-7-6-8-10-17/h6-10H,11-13H2,1-5H3. The number of rotatable bonds is 4. The Hall–Kier alpha value is -1.94. The van der Waals surface area contributed by atoms with Crippen molar-refractivity contribution in [2.75, 3.05) is 7.11 Å². The molecule has 0 radical (unpaired) electrons. The molecule has 138 valence electrons. The molecular weight excluding hydrogens is 344 g/mol. The van der Waals surface area contributed by atoms with Crippen LogP contribution in [0.2, 0.25) is 0 Å². The number of carbonyl (C=O) groups is 1. The second-order valence-corrected chi connectivity index (χ2v) is 8.62. The minimum absolute atomic E-state index is 0.146. The van der Waals surface area contributed by atoms with Crippen LogP contribution in [0, 0.1) is 20.8 Å². The maximum Gasteiger partial charge on any atom is 0.322 e. The zero-order valence-electron chi connectivity index (χ0n) is 16.1. The predicted octanol–water partition coefficient (Wildman–Crippen LogP) is 5.16. The Bertz CT molecular complexity index is 829. The van der Waals surface area contributed by atoms with Crippen molar-refractivity contribution in [3.05, 3.63) is 58.1 Å². The third-order valence-corrected chi connectivity index (χ3v) is 6.91. The maximum absolute atomic E-state index is 12.2. The zero-order valence-corrected chi connectivity index (χ0v) is 17.0. The third-order valence-electron chi connectivity index (χ3n) is 5.33. The average molecular weight is 371 g/mol. The Morgan fingerprint density at radius 1 is 1.12 bits per heavy atom. The highest BCUT2D eigenvalue weighted by atomic mass is 32.2. The van der Waals surface area contributed by atoms with Gasteiger partial charge in [-0.15, -0.1) is 11.8 Å². The smallest absolute Gasteiger partial charge is 0.322 e. The highest BCUT2D eigenvalue weighted by molar-refractivity contribution is 8.01. The van der Waals surface area contributed by atoms with Gasteiger partial charge in [0.25, 0.3) is 0 Å². The van der Waals surface area contributed by atoms with Crippen LogP contribution in [0.4, 0.5) is 0 Å². The lowest BCUT2D eigenvalue weighted by molar-refractivity contribution is -0.143. The Morgan fingerprint density at radius 2 is 1.81 bits per heavy atom. The molecule has 1 unspecified atom stereocenters. The molecular formula is C22H26O3S. The molecule has 26 heavy (non-hydrogen) atoms. The van der Waals surface area contributed by atoms with Crippen molar-refractivity contribution in [1.82, 2.24) is 0 Å². The number of hydrogen-bond donors (Lipinski definition) is 0. The van der Waals surface area contributed by atoms with Crippen LogP contribution in [0.15, 0.2) is 35.2 Å². The molecule has 3 rings (SSSR count). The lowest BCUT2D eigenvalue weighted by atomic mass is 9.92. The van der Waals surface area contributed by atoms with Crippen molar-refractivity contribution in [2.24, 2.45) is 0 Å². The number of esters is 1. The summed E-state index contributed by atoms with van der Waals surface area (Å²) in [4.78, 5) is 13.5. The second-order valence-electron chi connectivity index (χ2n) is 7.11. The zero-order chi connectivity index (χ0) is 18.9. The number of thioether (sulfide) groups is 1. The van der Waals surface area contributed by atoms with Crippen LogP contribution >= 0.6 is 11.8 Å². The van der Waals surface area contributed by atoms with Crippen LogP contribution in [0.25, 0.3) is 0 Å². The van der Waals surface area contributed by atoms with E-state index in [1.807, 2.05) is 25.1 Å².